The van der Waals surface area contributed by atoms with E-state index in [1.54, 1.807) is 6.20 Å². The first-order valence-corrected chi connectivity index (χ1v) is 12.1. The molecular formula is C24H31F6N5O7. The summed E-state index contributed by atoms with van der Waals surface area (Å²) in [7, 11) is 0. The van der Waals surface area contributed by atoms with E-state index in [0.29, 0.717) is 19.6 Å². The third kappa shape index (κ3) is 17.4. The molecule has 0 saturated heterocycles. The highest BCUT2D eigenvalue weighted by Crippen LogP contribution is 2.14. The molecule has 0 spiro atoms. The average Bonchev–Trinajstić information content (AvgIpc) is 3.41. The number of benzene rings is 1. The molecule has 1 atom stereocenters. The lowest BCUT2D eigenvalue weighted by molar-refractivity contribution is -0.193. The van der Waals surface area contributed by atoms with Crippen molar-refractivity contribution >= 4 is 23.8 Å². The van der Waals surface area contributed by atoms with Crippen LogP contribution in [0.2, 0.25) is 0 Å². The van der Waals surface area contributed by atoms with Gasteiger partial charge in [-0.3, -0.25) is 9.59 Å². The first kappa shape index (κ1) is 37.6. The predicted octanol–water partition coefficient (Wildman–Crippen LogP) is 2.55. The fourth-order valence-electron chi connectivity index (χ4n) is 2.57. The minimum Gasteiger partial charge on any atom is -0.494 e. The number of imidazole rings is 1. The van der Waals surface area contributed by atoms with Crippen LogP contribution in [-0.2, 0) is 32.1 Å². The molecular weight excluding hydrogens is 584 g/mol. The monoisotopic (exact) mass is 615 g/mol. The Labute approximate surface area is 235 Å². The Kier molecular flexibility index (Phi) is 16.9. The molecule has 7 N–H and O–H groups in total. The van der Waals surface area contributed by atoms with Gasteiger partial charge >= 0.3 is 24.3 Å². The van der Waals surface area contributed by atoms with Crippen LogP contribution in [0.25, 0.3) is 0 Å². The SMILES string of the molecule is CCCCOc1ccc(CNC(=O)[C@H](Cc2cnc[nH]2)NC(=O)CCN)cc1.O=C(O)C(F)(F)F.O=C(O)C(F)(F)F. The molecule has 0 aliphatic rings. The first-order chi connectivity index (χ1) is 19.5. The molecule has 0 aliphatic heterocycles. The molecule has 0 radical (unpaired) electrons. The van der Waals surface area contributed by atoms with E-state index >= 15 is 0 Å². The highest BCUT2D eigenvalue weighted by Gasteiger charge is 2.38. The number of alkyl halides is 6. The van der Waals surface area contributed by atoms with Crippen LogP contribution in [0.15, 0.2) is 36.8 Å². The van der Waals surface area contributed by atoms with E-state index in [4.69, 9.17) is 30.3 Å². The number of unbranched alkanes of at least 4 members (excludes halogenated alkanes) is 1. The summed E-state index contributed by atoms with van der Waals surface area (Å²) < 4.78 is 69.1. The summed E-state index contributed by atoms with van der Waals surface area (Å²) in [6, 6.07) is 6.91. The molecule has 0 fully saturated rings. The zero-order valence-corrected chi connectivity index (χ0v) is 22.2. The van der Waals surface area contributed by atoms with Crippen molar-refractivity contribution in [1.82, 2.24) is 20.6 Å². The smallest absolute Gasteiger partial charge is 0.490 e. The van der Waals surface area contributed by atoms with Gasteiger partial charge in [-0.25, -0.2) is 14.6 Å². The summed E-state index contributed by atoms with van der Waals surface area (Å²) >= 11 is 0. The number of H-pyrrole nitrogens is 1. The number of hydrogen-bond donors (Lipinski definition) is 6. The minimum atomic E-state index is -5.08. The maximum Gasteiger partial charge on any atom is 0.490 e. The number of nitrogens with one attached hydrogen (secondary N) is 3. The third-order valence-electron chi connectivity index (χ3n) is 4.64. The molecule has 0 aliphatic carbocycles. The number of rotatable bonds is 12. The molecule has 18 heteroatoms. The molecule has 0 saturated carbocycles. The molecule has 42 heavy (non-hydrogen) atoms. The normalized spacial score (nSPS) is 11.5. The van der Waals surface area contributed by atoms with Crippen LogP contribution >= 0.6 is 0 Å². The van der Waals surface area contributed by atoms with E-state index in [9.17, 15) is 35.9 Å². The number of aliphatic carboxylic acids is 2. The van der Waals surface area contributed by atoms with Gasteiger partial charge in [0.25, 0.3) is 0 Å². The van der Waals surface area contributed by atoms with Gasteiger partial charge in [-0.2, -0.15) is 26.3 Å². The zero-order valence-electron chi connectivity index (χ0n) is 22.2. The Morgan fingerprint density at radius 3 is 2.00 bits per heavy atom. The van der Waals surface area contributed by atoms with Gasteiger partial charge < -0.3 is 36.3 Å². The molecule has 0 unspecified atom stereocenters. The molecule has 236 valence electrons. The molecule has 2 rings (SSSR count). The average molecular weight is 616 g/mol. The first-order valence-electron chi connectivity index (χ1n) is 12.1. The van der Waals surface area contributed by atoms with Crippen molar-refractivity contribution in [2.45, 2.75) is 57.5 Å². The van der Waals surface area contributed by atoms with Crippen molar-refractivity contribution < 1.29 is 60.5 Å². The van der Waals surface area contributed by atoms with Gasteiger partial charge in [0.2, 0.25) is 11.8 Å². The largest absolute Gasteiger partial charge is 0.494 e. The number of carboxylic acid groups (broad SMARTS) is 2. The number of nitrogens with zero attached hydrogens (tertiary/aromatic N) is 1. The Hall–Kier alpha value is -4.35. The lowest BCUT2D eigenvalue weighted by Gasteiger charge is -2.18. The number of halogens is 6. The second kappa shape index (κ2) is 18.9. The maximum absolute atomic E-state index is 12.6. The van der Waals surface area contributed by atoms with Crippen LogP contribution in [0.5, 0.6) is 5.75 Å². The van der Waals surface area contributed by atoms with E-state index < -0.39 is 30.3 Å². The van der Waals surface area contributed by atoms with Crippen molar-refractivity contribution in [3.8, 4) is 5.75 Å². The van der Waals surface area contributed by atoms with Crippen LogP contribution in [0.3, 0.4) is 0 Å². The fraction of sp³-hybridized carbons (Fsp3) is 0.458. The minimum absolute atomic E-state index is 0.173. The van der Waals surface area contributed by atoms with Crippen molar-refractivity contribution in [2.75, 3.05) is 13.2 Å². The molecule has 2 amide bonds. The quantitative estimate of drug-likeness (QED) is 0.154. The van der Waals surface area contributed by atoms with E-state index in [0.717, 1.165) is 29.8 Å². The van der Waals surface area contributed by atoms with Gasteiger partial charge in [0, 0.05) is 37.8 Å². The summed E-state index contributed by atoms with van der Waals surface area (Å²) in [5.74, 6) is -5.21. The second-order valence-electron chi connectivity index (χ2n) is 8.11. The molecule has 1 aromatic carbocycles. The number of amides is 2. The fourth-order valence-corrected chi connectivity index (χ4v) is 2.57. The zero-order chi connectivity index (χ0) is 32.3. The van der Waals surface area contributed by atoms with E-state index in [2.05, 4.69) is 27.5 Å². The van der Waals surface area contributed by atoms with Crippen molar-refractivity contribution in [2.24, 2.45) is 5.73 Å². The standard InChI is InChI=1S/C20H29N5O3.2C2HF3O2/c1-2-3-10-28-17-6-4-15(5-7-17)12-23-20(27)18(25-19(26)8-9-21)11-16-13-22-14-24-16;2*3-2(4,5)1(6)7/h4-7,13-14,18H,2-3,8-12,21H2,1H3,(H,22,24)(H,23,27)(H,25,26);2*(H,6,7)/t18-;;/m0../s1. The Morgan fingerprint density at radius 2 is 1.57 bits per heavy atom. The van der Waals surface area contributed by atoms with Gasteiger partial charge in [-0.05, 0) is 24.1 Å². The number of carboxylic acids is 2. The van der Waals surface area contributed by atoms with Crippen LogP contribution in [0, 0.1) is 0 Å². The van der Waals surface area contributed by atoms with E-state index in [1.807, 2.05) is 24.3 Å². The maximum atomic E-state index is 12.6. The number of carbonyl (C=O) groups excluding carboxylic acids is 2. The lowest BCUT2D eigenvalue weighted by Crippen LogP contribution is -2.48. The number of carbonyl (C=O) groups is 4. The van der Waals surface area contributed by atoms with E-state index in [1.165, 1.54) is 6.33 Å². The Balaban J connectivity index is 0.000000990. The Morgan fingerprint density at radius 1 is 1.02 bits per heavy atom. The van der Waals surface area contributed by atoms with Crippen LogP contribution in [0.4, 0.5) is 26.3 Å². The molecule has 0 bridgehead atoms. The summed E-state index contributed by atoms with van der Waals surface area (Å²) in [5.41, 5.74) is 7.13. The molecule has 1 heterocycles. The summed E-state index contributed by atoms with van der Waals surface area (Å²) in [5, 5.41) is 19.9. The Bertz CT molecular complexity index is 1070. The number of hydrogen-bond acceptors (Lipinski definition) is 7. The lowest BCUT2D eigenvalue weighted by atomic mass is 10.1. The number of aromatic nitrogens is 2. The molecule has 2 aromatic rings. The number of aromatic amines is 1. The summed E-state index contributed by atoms with van der Waals surface area (Å²) in [6.07, 6.45) is -4.39. The topological polar surface area (TPSA) is 197 Å². The van der Waals surface area contributed by atoms with Crippen molar-refractivity contribution in [3.63, 3.8) is 0 Å². The van der Waals surface area contributed by atoms with Crippen molar-refractivity contribution in [3.05, 3.63) is 48.0 Å². The van der Waals surface area contributed by atoms with E-state index in [-0.39, 0.29) is 24.8 Å². The van der Waals surface area contributed by atoms with Crippen LogP contribution in [0.1, 0.15) is 37.4 Å². The van der Waals surface area contributed by atoms with Gasteiger partial charge in [0.1, 0.15) is 11.8 Å². The second-order valence-corrected chi connectivity index (χ2v) is 8.11. The summed E-state index contributed by atoms with van der Waals surface area (Å²) in [6.45, 7) is 3.41. The van der Waals surface area contributed by atoms with Crippen molar-refractivity contribution in [1.29, 1.82) is 0 Å². The predicted molar refractivity (Wildman–Crippen MR) is 134 cm³/mol. The number of ether oxygens (including phenoxy) is 1. The van der Waals surface area contributed by atoms with Crippen LogP contribution in [-0.4, -0.2) is 75.5 Å². The van der Waals surface area contributed by atoms with Gasteiger partial charge in [-0.15, -0.1) is 0 Å². The third-order valence-corrected chi connectivity index (χ3v) is 4.64. The number of nitrogens with two attached hydrogens (primary N) is 1. The molecule has 12 nitrogen and oxygen atoms in total. The van der Waals surface area contributed by atoms with Crippen LogP contribution < -0.4 is 21.1 Å². The van der Waals surface area contributed by atoms with Gasteiger partial charge in [0.15, 0.2) is 0 Å². The van der Waals surface area contributed by atoms with Gasteiger partial charge in [-0.1, -0.05) is 25.5 Å². The van der Waals surface area contributed by atoms with Gasteiger partial charge in [0.05, 0.1) is 12.9 Å². The molecule has 1 aromatic heterocycles. The highest BCUT2D eigenvalue weighted by atomic mass is 19.4. The highest BCUT2D eigenvalue weighted by molar-refractivity contribution is 5.87. The summed E-state index contributed by atoms with van der Waals surface area (Å²) in [4.78, 5) is 49.2.